The first kappa shape index (κ1) is 23.1. The van der Waals surface area contributed by atoms with Crippen molar-refractivity contribution >= 4 is 17.5 Å². The molecule has 0 radical (unpaired) electrons. The summed E-state index contributed by atoms with van der Waals surface area (Å²) >= 11 is 0. The van der Waals surface area contributed by atoms with Crippen LogP contribution in [0.4, 0.5) is 17.5 Å². The van der Waals surface area contributed by atoms with Crippen molar-refractivity contribution in [3.63, 3.8) is 0 Å². The Balaban J connectivity index is 0.00000192. The summed E-state index contributed by atoms with van der Waals surface area (Å²) in [6.07, 6.45) is 6.19. The minimum Gasteiger partial charge on any atom is -1.00 e. The van der Waals surface area contributed by atoms with Gasteiger partial charge in [0.05, 0.1) is 39.7 Å². The summed E-state index contributed by atoms with van der Waals surface area (Å²) < 4.78 is 6.38. The van der Waals surface area contributed by atoms with Gasteiger partial charge in [-0.25, -0.2) is 13.7 Å². The van der Waals surface area contributed by atoms with Gasteiger partial charge in [-0.15, -0.1) is 4.90 Å². The minimum atomic E-state index is 0. The molecule has 0 atom stereocenters. The fourth-order valence-corrected chi connectivity index (χ4v) is 2.59. The first-order valence-corrected chi connectivity index (χ1v) is 7.32. The summed E-state index contributed by atoms with van der Waals surface area (Å²) in [5.41, 5.74) is 0. The molecule has 0 saturated heterocycles. The van der Waals surface area contributed by atoms with E-state index in [1.165, 1.54) is 0 Å². The minimum absolute atomic E-state index is 0. The molecular weight excluding hydrogens is 379 g/mol. The highest BCUT2D eigenvalue weighted by molar-refractivity contribution is 5.63. The maximum atomic E-state index is 2.25. The van der Waals surface area contributed by atoms with Crippen LogP contribution in [0.1, 0.15) is 0 Å². The second-order valence-corrected chi connectivity index (χ2v) is 5.34. The second kappa shape index (κ2) is 10.2. The van der Waals surface area contributed by atoms with Crippen molar-refractivity contribution in [3.05, 3.63) is 73.2 Å². The molecule has 0 fully saturated rings. The number of halogens is 3. The first-order chi connectivity index (χ1) is 10.7. The maximum absolute atomic E-state index is 2.25. The number of hydrogen-bond donors (Lipinski definition) is 0. The van der Waals surface area contributed by atoms with E-state index in [0.29, 0.717) is 0 Å². The molecule has 25 heavy (non-hydrogen) atoms. The van der Waals surface area contributed by atoms with Crippen molar-refractivity contribution in [2.45, 2.75) is 0 Å². The molecule has 0 aliphatic rings. The Hall–Kier alpha value is -1.88. The maximum Gasteiger partial charge on any atom is 0.292 e. The van der Waals surface area contributed by atoms with Crippen LogP contribution in [-0.2, 0) is 21.1 Å². The van der Waals surface area contributed by atoms with E-state index in [4.69, 9.17) is 0 Å². The topological polar surface area (TPSA) is 14.9 Å². The van der Waals surface area contributed by atoms with Crippen LogP contribution in [0.15, 0.2) is 73.2 Å². The number of rotatable bonds is 3. The highest BCUT2D eigenvalue weighted by atomic mass is 35.5. The van der Waals surface area contributed by atoms with E-state index in [-0.39, 0.29) is 37.2 Å². The zero-order chi connectivity index (χ0) is 15.5. The molecule has 0 amide bonds. The van der Waals surface area contributed by atoms with Gasteiger partial charge in [0, 0.05) is 18.2 Å². The Morgan fingerprint density at radius 3 is 1.04 bits per heavy atom. The lowest BCUT2D eigenvalue weighted by Gasteiger charge is -2.17. The van der Waals surface area contributed by atoms with Crippen LogP contribution in [0.5, 0.6) is 0 Å². The molecule has 4 nitrogen and oxygen atoms in total. The molecule has 0 unspecified atom stereocenters. The zero-order valence-corrected chi connectivity index (χ0v) is 16.6. The van der Waals surface area contributed by atoms with E-state index in [1.807, 2.05) is 18.2 Å². The quantitative estimate of drug-likeness (QED) is 0.400. The molecule has 0 bridgehead atoms. The van der Waals surface area contributed by atoms with Gasteiger partial charge in [-0.2, -0.15) is 0 Å². The van der Waals surface area contributed by atoms with Gasteiger partial charge in [0.1, 0.15) is 0 Å². The molecule has 0 aromatic carbocycles. The van der Waals surface area contributed by atoms with Crippen molar-refractivity contribution in [1.82, 2.24) is 0 Å². The Morgan fingerprint density at radius 1 is 0.520 bits per heavy atom. The van der Waals surface area contributed by atoms with Crippen molar-refractivity contribution < 1.29 is 50.9 Å². The summed E-state index contributed by atoms with van der Waals surface area (Å²) in [6, 6.07) is 18.7. The summed E-state index contributed by atoms with van der Waals surface area (Å²) in [6.45, 7) is 0. The van der Waals surface area contributed by atoms with Gasteiger partial charge in [-0.05, 0) is 18.2 Å². The number of hydrogen-bond acceptors (Lipinski definition) is 1. The number of nitrogens with zero attached hydrogens (tertiary/aromatic N) is 4. The third-order valence-electron chi connectivity index (χ3n) is 3.77. The third kappa shape index (κ3) is 4.82. The van der Waals surface area contributed by atoms with E-state index in [9.17, 15) is 0 Å². The number of pyridine rings is 3. The van der Waals surface area contributed by atoms with Crippen LogP contribution in [0.3, 0.4) is 0 Å². The fourth-order valence-electron chi connectivity index (χ4n) is 2.59. The number of aromatic nitrogens is 3. The zero-order valence-electron chi connectivity index (χ0n) is 14.4. The molecule has 134 valence electrons. The lowest BCUT2D eigenvalue weighted by Crippen LogP contribution is -3.00. The lowest BCUT2D eigenvalue weighted by atomic mass is 10.3. The van der Waals surface area contributed by atoms with Gasteiger partial charge >= 0.3 is 0 Å². The third-order valence-corrected chi connectivity index (χ3v) is 3.77. The molecule has 3 rings (SSSR count). The van der Waals surface area contributed by atoms with Crippen molar-refractivity contribution in [2.24, 2.45) is 21.1 Å². The highest BCUT2D eigenvalue weighted by Gasteiger charge is 2.30. The Kier molecular flexibility index (Phi) is 9.42. The van der Waals surface area contributed by atoms with Crippen molar-refractivity contribution in [1.29, 1.82) is 0 Å². The van der Waals surface area contributed by atoms with E-state index in [0.717, 1.165) is 17.5 Å². The fraction of sp³-hybridized carbons (Fsp3) is 0.167. The van der Waals surface area contributed by atoms with Crippen LogP contribution in [0.2, 0.25) is 0 Å². The van der Waals surface area contributed by atoms with E-state index < -0.39 is 0 Å². The largest absolute Gasteiger partial charge is 1.00 e. The number of aryl methyl sites for hydroxylation is 3. The lowest BCUT2D eigenvalue weighted by molar-refractivity contribution is -0.676. The van der Waals surface area contributed by atoms with Gasteiger partial charge in [-0.3, -0.25) is 0 Å². The van der Waals surface area contributed by atoms with Crippen LogP contribution in [0.25, 0.3) is 0 Å². The van der Waals surface area contributed by atoms with Gasteiger partial charge in [0.25, 0.3) is 17.5 Å². The predicted octanol–water partition coefficient (Wildman–Crippen LogP) is -7.36. The van der Waals surface area contributed by atoms with E-state index in [2.05, 4.69) is 94.7 Å². The Morgan fingerprint density at radius 2 is 0.800 bits per heavy atom. The predicted molar refractivity (Wildman–Crippen MR) is 84.7 cm³/mol. The molecule has 3 heterocycles. The average molecular weight is 400 g/mol. The summed E-state index contributed by atoms with van der Waals surface area (Å²) in [5.74, 6) is 3.31. The molecule has 0 aliphatic carbocycles. The highest BCUT2D eigenvalue weighted by Crippen LogP contribution is 2.26. The van der Waals surface area contributed by atoms with Gasteiger partial charge < -0.3 is 37.2 Å². The van der Waals surface area contributed by atoms with Gasteiger partial charge in [0.15, 0.2) is 0 Å². The molecule has 0 N–H and O–H groups in total. The smallest absolute Gasteiger partial charge is 0.292 e. The summed E-state index contributed by atoms with van der Waals surface area (Å²) in [4.78, 5) is 2.25. The van der Waals surface area contributed by atoms with Crippen LogP contribution in [0, 0.1) is 0 Å². The van der Waals surface area contributed by atoms with Crippen LogP contribution >= 0.6 is 0 Å². The molecule has 0 spiro atoms. The van der Waals surface area contributed by atoms with E-state index in [1.54, 1.807) is 0 Å². The number of anilines is 3. The Bertz CT molecular complexity index is 703. The molecule has 0 aliphatic heterocycles. The Labute approximate surface area is 167 Å². The first-order valence-electron chi connectivity index (χ1n) is 7.32. The summed E-state index contributed by atoms with van der Waals surface area (Å²) in [7, 11) is 6.19. The molecule has 0 saturated carbocycles. The standard InChI is InChI=1S/C18H21N4.3ClH/c1-19-13-7-4-10-16(19)22(17-11-5-8-14-20(17)2)18-12-6-9-15-21(18)3;;;/h4-15H,1-3H3;3*1H/q+3;;;/p-3. The van der Waals surface area contributed by atoms with Crippen molar-refractivity contribution in [2.75, 3.05) is 4.90 Å². The van der Waals surface area contributed by atoms with Crippen molar-refractivity contribution in [3.8, 4) is 0 Å². The second-order valence-electron chi connectivity index (χ2n) is 5.34. The summed E-state index contributed by atoms with van der Waals surface area (Å²) in [5, 5.41) is 0. The molecule has 3 aromatic rings. The molecular formula is C18H21Cl3N4. The normalized spacial score (nSPS) is 9.24. The monoisotopic (exact) mass is 398 g/mol. The van der Waals surface area contributed by atoms with Gasteiger partial charge in [-0.1, -0.05) is 18.2 Å². The van der Waals surface area contributed by atoms with Crippen LogP contribution < -0.4 is 55.8 Å². The van der Waals surface area contributed by atoms with Crippen LogP contribution in [-0.4, -0.2) is 0 Å². The average Bonchev–Trinajstić information content (AvgIpc) is 2.53. The molecule has 3 aromatic heterocycles. The van der Waals surface area contributed by atoms with E-state index >= 15 is 0 Å². The SMILES string of the molecule is C[n+]1ccccc1N(c1cccc[n+]1C)c1cccc[n+]1C.[Cl-].[Cl-].[Cl-]. The van der Waals surface area contributed by atoms with Gasteiger partial charge in [0.2, 0.25) is 0 Å². The molecule has 7 heteroatoms.